The second kappa shape index (κ2) is 13.5. The Hall–Kier alpha value is -2.82. The Labute approximate surface area is 224 Å². The second-order valence-corrected chi connectivity index (χ2v) is 9.98. The van der Waals surface area contributed by atoms with E-state index in [9.17, 15) is 9.59 Å². The van der Waals surface area contributed by atoms with Crippen LogP contribution in [-0.2, 0) is 29.0 Å². The minimum atomic E-state index is -0.712. The van der Waals surface area contributed by atoms with Crippen molar-refractivity contribution in [2.75, 3.05) is 6.54 Å². The van der Waals surface area contributed by atoms with E-state index in [1.165, 1.54) is 5.56 Å². The van der Waals surface area contributed by atoms with Gasteiger partial charge < -0.3 is 10.2 Å². The number of hydrogen-bond donors (Lipinski definition) is 1. The van der Waals surface area contributed by atoms with Gasteiger partial charge >= 0.3 is 0 Å². The Kier molecular flexibility index (Phi) is 10.4. The zero-order valence-corrected chi connectivity index (χ0v) is 22.7. The van der Waals surface area contributed by atoms with Gasteiger partial charge in [0.15, 0.2) is 0 Å². The highest BCUT2D eigenvalue weighted by Gasteiger charge is 2.31. The number of carbonyl (C=O) groups is 2. The molecule has 0 aliphatic heterocycles. The molecule has 0 saturated heterocycles. The number of unbranched alkanes of at least 4 members (excludes halogenated alkanes) is 1. The molecule has 0 spiro atoms. The lowest BCUT2D eigenvalue weighted by molar-refractivity contribution is -0.140. The van der Waals surface area contributed by atoms with E-state index in [1.54, 1.807) is 23.1 Å². The fourth-order valence-electron chi connectivity index (χ4n) is 4.10. The molecule has 1 N–H and O–H groups in total. The van der Waals surface area contributed by atoms with Crippen LogP contribution in [0.2, 0.25) is 10.0 Å². The van der Waals surface area contributed by atoms with Crippen molar-refractivity contribution in [1.29, 1.82) is 0 Å². The van der Waals surface area contributed by atoms with Gasteiger partial charge in [0, 0.05) is 35.1 Å². The molecular formula is C30H34Cl2N2O2. The van der Waals surface area contributed by atoms with Crippen LogP contribution in [0, 0.1) is 13.8 Å². The standard InChI is InChI=1S/C30H34Cl2N2O2/c1-4-5-16-33-30(36)28(18-23-10-7-6-8-11-23)34(20-25-26(31)12-9-13-27(25)32)29(35)19-24-15-14-21(2)22(3)17-24/h6-15,17,28H,4-5,16,18-20H2,1-3H3,(H,33,36)/t28-/m0/s1. The fourth-order valence-corrected chi connectivity index (χ4v) is 4.62. The van der Waals surface area contributed by atoms with Crippen LogP contribution in [0.25, 0.3) is 0 Å². The molecule has 0 radical (unpaired) electrons. The molecule has 2 amide bonds. The van der Waals surface area contributed by atoms with Crippen LogP contribution in [0.1, 0.15) is 47.6 Å². The van der Waals surface area contributed by atoms with Crippen molar-refractivity contribution in [1.82, 2.24) is 10.2 Å². The van der Waals surface area contributed by atoms with Gasteiger partial charge in [-0.05, 0) is 54.7 Å². The van der Waals surface area contributed by atoms with Gasteiger partial charge in [-0.2, -0.15) is 0 Å². The predicted octanol–water partition coefficient (Wildman–Crippen LogP) is 6.71. The van der Waals surface area contributed by atoms with E-state index in [0.29, 0.717) is 28.6 Å². The average Bonchev–Trinajstić information content (AvgIpc) is 2.86. The predicted molar refractivity (Wildman–Crippen MR) is 148 cm³/mol. The van der Waals surface area contributed by atoms with Crippen molar-refractivity contribution < 1.29 is 9.59 Å². The molecule has 0 fully saturated rings. The van der Waals surface area contributed by atoms with Gasteiger partial charge in [-0.3, -0.25) is 9.59 Å². The number of nitrogens with one attached hydrogen (secondary N) is 1. The Morgan fingerprint density at radius 2 is 1.58 bits per heavy atom. The molecule has 0 bridgehead atoms. The highest BCUT2D eigenvalue weighted by atomic mass is 35.5. The first-order chi connectivity index (χ1) is 17.3. The molecule has 0 heterocycles. The van der Waals surface area contributed by atoms with Crippen LogP contribution in [0.3, 0.4) is 0 Å². The van der Waals surface area contributed by atoms with Gasteiger partial charge in [-0.15, -0.1) is 0 Å². The third-order valence-electron chi connectivity index (χ3n) is 6.42. The summed E-state index contributed by atoms with van der Waals surface area (Å²) in [5, 5.41) is 3.97. The summed E-state index contributed by atoms with van der Waals surface area (Å²) in [5.41, 5.74) is 4.81. The van der Waals surface area contributed by atoms with Gasteiger partial charge in [-0.1, -0.05) is 91.1 Å². The van der Waals surface area contributed by atoms with Crippen LogP contribution in [0.5, 0.6) is 0 Å². The van der Waals surface area contributed by atoms with Gasteiger partial charge in [-0.25, -0.2) is 0 Å². The van der Waals surface area contributed by atoms with E-state index in [2.05, 4.69) is 12.2 Å². The van der Waals surface area contributed by atoms with Crippen molar-refractivity contribution in [2.45, 2.75) is 59.0 Å². The molecule has 3 aromatic rings. The first-order valence-electron chi connectivity index (χ1n) is 12.4. The van der Waals surface area contributed by atoms with E-state index in [-0.39, 0.29) is 24.8 Å². The fraction of sp³-hybridized carbons (Fsp3) is 0.333. The molecule has 36 heavy (non-hydrogen) atoms. The molecule has 1 atom stereocenters. The second-order valence-electron chi connectivity index (χ2n) is 9.17. The van der Waals surface area contributed by atoms with E-state index < -0.39 is 6.04 Å². The number of aryl methyl sites for hydroxylation is 2. The van der Waals surface area contributed by atoms with Crippen molar-refractivity contribution in [3.05, 3.63) is 105 Å². The smallest absolute Gasteiger partial charge is 0.243 e. The van der Waals surface area contributed by atoms with Crippen molar-refractivity contribution in [3.8, 4) is 0 Å². The number of amides is 2. The third kappa shape index (κ3) is 7.59. The molecule has 4 nitrogen and oxygen atoms in total. The normalized spacial score (nSPS) is 11.7. The monoisotopic (exact) mass is 524 g/mol. The maximum Gasteiger partial charge on any atom is 0.243 e. The summed E-state index contributed by atoms with van der Waals surface area (Å²) in [5.74, 6) is -0.329. The molecule has 0 aliphatic rings. The minimum absolute atomic E-state index is 0.140. The Bertz CT molecular complexity index is 1160. The van der Waals surface area contributed by atoms with Gasteiger partial charge in [0.25, 0.3) is 0 Å². The lowest BCUT2D eigenvalue weighted by Crippen LogP contribution is -2.51. The summed E-state index contributed by atoms with van der Waals surface area (Å²) in [4.78, 5) is 29.0. The van der Waals surface area contributed by atoms with Crippen LogP contribution >= 0.6 is 23.2 Å². The molecular weight excluding hydrogens is 491 g/mol. The Morgan fingerprint density at radius 3 is 2.22 bits per heavy atom. The maximum atomic E-state index is 13.9. The topological polar surface area (TPSA) is 49.4 Å². The summed E-state index contributed by atoms with van der Waals surface area (Å²) in [7, 11) is 0. The van der Waals surface area contributed by atoms with Crippen molar-refractivity contribution in [3.63, 3.8) is 0 Å². The van der Waals surface area contributed by atoms with Crippen LogP contribution in [0.4, 0.5) is 0 Å². The number of hydrogen-bond acceptors (Lipinski definition) is 2. The van der Waals surface area contributed by atoms with Gasteiger partial charge in [0.1, 0.15) is 6.04 Å². The number of halogens is 2. The molecule has 0 aromatic heterocycles. The van der Waals surface area contributed by atoms with Gasteiger partial charge in [0.2, 0.25) is 11.8 Å². The lowest BCUT2D eigenvalue weighted by Gasteiger charge is -2.32. The van der Waals surface area contributed by atoms with Crippen molar-refractivity contribution >= 4 is 35.0 Å². The van der Waals surface area contributed by atoms with E-state index in [1.807, 2.05) is 62.4 Å². The molecule has 3 aromatic carbocycles. The molecule has 6 heteroatoms. The van der Waals surface area contributed by atoms with Crippen LogP contribution in [-0.4, -0.2) is 29.3 Å². The summed E-state index contributed by atoms with van der Waals surface area (Å²) in [6.45, 7) is 6.85. The van der Waals surface area contributed by atoms with E-state index >= 15 is 0 Å². The molecule has 0 saturated carbocycles. The summed E-state index contributed by atoms with van der Waals surface area (Å²) < 4.78 is 0. The van der Waals surface area contributed by atoms with Crippen molar-refractivity contribution in [2.24, 2.45) is 0 Å². The first-order valence-corrected chi connectivity index (χ1v) is 13.2. The first kappa shape index (κ1) is 27.8. The largest absolute Gasteiger partial charge is 0.354 e. The third-order valence-corrected chi connectivity index (χ3v) is 7.13. The maximum absolute atomic E-state index is 13.9. The zero-order valence-electron chi connectivity index (χ0n) is 21.2. The lowest BCUT2D eigenvalue weighted by atomic mass is 10.00. The Morgan fingerprint density at radius 1 is 0.889 bits per heavy atom. The SMILES string of the molecule is CCCCNC(=O)[C@H](Cc1ccccc1)N(Cc1c(Cl)cccc1Cl)C(=O)Cc1ccc(C)c(C)c1. The number of benzene rings is 3. The number of rotatable bonds is 11. The van der Waals surface area contributed by atoms with Gasteiger partial charge in [0.05, 0.1) is 6.42 Å². The zero-order chi connectivity index (χ0) is 26.1. The van der Waals surface area contributed by atoms with E-state index in [0.717, 1.165) is 29.5 Å². The highest BCUT2D eigenvalue weighted by Crippen LogP contribution is 2.27. The summed E-state index contributed by atoms with van der Waals surface area (Å²) in [6, 6.07) is 20.3. The summed E-state index contributed by atoms with van der Waals surface area (Å²) >= 11 is 13.0. The highest BCUT2D eigenvalue weighted by molar-refractivity contribution is 6.36. The molecule has 0 aliphatic carbocycles. The molecule has 3 rings (SSSR count). The quantitative estimate of drug-likeness (QED) is 0.283. The average molecular weight is 526 g/mol. The number of nitrogens with zero attached hydrogens (tertiary/aromatic N) is 1. The van der Waals surface area contributed by atoms with Crippen LogP contribution in [0.15, 0.2) is 66.7 Å². The molecule has 0 unspecified atom stereocenters. The van der Waals surface area contributed by atoms with E-state index in [4.69, 9.17) is 23.2 Å². The number of carbonyl (C=O) groups excluding carboxylic acids is 2. The Balaban J connectivity index is 2.00. The molecule has 190 valence electrons. The minimum Gasteiger partial charge on any atom is -0.354 e. The van der Waals surface area contributed by atoms with Crippen LogP contribution < -0.4 is 5.32 Å². The summed E-state index contributed by atoms with van der Waals surface area (Å²) in [6.07, 6.45) is 2.40.